The van der Waals surface area contributed by atoms with Gasteiger partial charge in [-0.1, -0.05) is 28.6 Å². The lowest BCUT2D eigenvalue weighted by Crippen LogP contribution is -2.17. The van der Waals surface area contributed by atoms with Gasteiger partial charge in [0.2, 0.25) is 0 Å². The Morgan fingerprint density at radius 3 is 1.33 bits per heavy atom. The van der Waals surface area contributed by atoms with E-state index < -0.39 is 57.9 Å². The van der Waals surface area contributed by atoms with Crippen molar-refractivity contribution in [3.05, 3.63) is 89.2 Å². The Hall–Kier alpha value is -5.61. The van der Waals surface area contributed by atoms with E-state index in [-0.39, 0.29) is 22.8 Å². The third-order valence-electron chi connectivity index (χ3n) is 5.87. The van der Waals surface area contributed by atoms with E-state index in [0.717, 1.165) is 58.2 Å². The van der Waals surface area contributed by atoms with Crippen molar-refractivity contribution >= 4 is 11.9 Å². The number of pyridine rings is 1. The van der Waals surface area contributed by atoms with Crippen LogP contribution < -0.4 is 0 Å². The number of alkyl halides is 6. The molecule has 2 aromatic carbocycles. The number of halogens is 6. The van der Waals surface area contributed by atoms with E-state index in [1.165, 1.54) is 18.2 Å². The van der Waals surface area contributed by atoms with Crippen LogP contribution >= 0.6 is 0 Å². The van der Waals surface area contributed by atoms with Gasteiger partial charge in [-0.25, -0.2) is 23.9 Å². The fraction of sp³-hybridized carbons (Fsp3) is 0.0800. The van der Waals surface area contributed by atoms with E-state index in [0.29, 0.717) is 0 Å². The SMILES string of the molecule is O=C(O)c1cccc(-n2cc(-c3cccc(-c4cn(-c5cccc(C(=O)O)c5C(F)(F)F)nn4)n3)nn2)c1C(F)(F)F. The molecule has 0 saturated carbocycles. The minimum absolute atomic E-state index is 0.0217. The first-order valence-corrected chi connectivity index (χ1v) is 11.5. The highest BCUT2D eigenvalue weighted by Gasteiger charge is 2.40. The van der Waals surface area contributed by atoms with Crippen LogP contribution in [0.4, 0.5) is 26.3 Å². The molecule has 214 valence electrons. The Morgan fingerprint density at radius 1 is 0.595 bits per heavy atom. The van der Waals surface area contributed by atoms with Crippen LogP contribution in [0.25, 0.3) is 34.2 Å². The van der Waals surface area contributed by atoms with E-state index >= 15 is 0 Å². The van der Waals surface area contributed by atoms with Crippen molar-refractivity contribution < 1.29 is 46.1 Å². The second-order valence-corrected chi connectivity index (χ2v) is 8.51. The molecule has 0 radical (unpaired) electrons. The maximum atomic E-state index is 13.8. The molecule has 3 heterocycles. The van der Waals surface area contributed by atoms with E-state index in [1.54, 1.807) is 0 Å². The first kappa shape index (κ1) is 27.9. The molecule has 0 spiro atoms. The molecular weight excluding hydrogens is 576 g/mol. The summed E-state index contributed by atoms with van der Waals surface area (Å²) in [5.41, 5.74) is -5.90. The number of hydrogen-bond acceptors (Lipinski definition) is 7. The molecule has 0 amide bonds. The van der Waals surface area contributed by atoms with Gasteiger partial charge in [0.25, 0.3) is 0 Å². The molecule has 0 unspecified atom stereocenters. The van der Waals surface area contributed by atoms with Gasteiger partial charge in [-0.05, 0) is 36.4 Å². The van der Waals surface area contributed by atoms with Gasteiger partial charge in [-0.2, -0.15) is 26.3 Å². The fourth-order valence-electron chi connectivity index (χ4n) is 4.13. The largest absolute Gasteiger partial charge is 0.478 e. The summed E-state index contributed by atoms with van der Waals surface area (Å²) in [6.07, 6.45) is -7.88. The predicted octanol–water partition coefficient (Wildman–Crippen LogP) is 5.01. The fourth-order valence-corrected chi connectivity index (χ4v) is 4.13. The van der Waals surface area contributed by atoms with Crippen LogP contribution in [0.5, 0.6) is 0 Å². The lowest BCUT2D eigenvalue weighted by Gasteiger charge is -2.14. The van der Waals surface area contributed by atoms with Gasteiger partial charge in [0.05, 0.1) is 57.4 Å². The minimum Gasteiger partial charge on any atom is -0.478 e. The average Bonchev–Trinajstić information content (AvgIpc) is 3.62. The van der Waals surface area contributed by atoms with Crippen molar-refractivity contribution in [3.63, 3.8) is 0 Å². The number of benzene rings is 2. The molecule has 0 aliphatic rings. The molecule has 0 fully saturated rings. The summed E-state index contributed by atoms with van der Waals surface area (Å²) in [5.74, 6) is -3.58. The first-order chi connectivity index (χ1) is 19.8. The summed E-state index contributed by atoms with van der Waals surface area (Å²) < 4.78 is 84.0. The molecule has 3 aromatic heterocycles. The van der Waals surface area contributed by atoms with Gasteiger partial charge in [0, 0.05) is 0 Å². The highest BCUT2D eigenvalue weighted by molar-refractivity contribution is 5.91. The van der Waals surface area contributed by atoms with E-state index in [1.807, 2.05) is 0 Å². The van der Waals surface area contributed by atoms with Crippen LogP contribution in [0.2, 0.25) is 0 Å². The number of carbonyl (C=O) groups is 2. The van der Waals surface area contributed by atoms with Crippen molar-refractivity contribution in [3.8, 4) is 34.2 Å². The number of aromatic carboxylic acids is 2. The molecule has 2 N–H and O–H groups in total. The molecule has 11 nitrogen and oxygen atoms in total. The summed E-state index contributed by atoms with van der Waals surface area (Å²) in [6.45, 7) is 0. The second kappa shape index (κ2) is 10.1. The van der Waals surface area contributed by atoms with Gasteiger partial charge in [-0.15, -0.1) is 10.2 Å². The Bertz CT molecular complexity index is 1720. The molecule has 0 atom stereocenters. The van der Waals surface area contributed by atoms with E-state index in [9.17, 15) is 46.1 Å². The van der Waals surface area contributed by atoms with Crippen molar-refractivity contribution in [1.82, 2.24) is 35.0 Å². The van der Waals surface area contributed by atoms with Crippen molar-refractivity contribution in [2.45, 2.75) is 12.4 Å². The number of nitrogens with zero attached hydrogens (tertiary/aromatic N) is 7. The normalized spacial score (nSPS) is 12.0. The summed E-state index contributed by atoms with van der Waals surface area (Å²) >= 11 is 0. The van der Waals surface area contributed by atoms with Gasteiger partial charge < -0.3 is 10.2 Å². The van der Waals surface area contributed by atoms with Crippen LogP contribution in [0, 0.1) is 0 Å². The van der Waals surface area contributed by atoms with Crippen LogP contribution in [-0.2, 0) is 12.4 Å². The molecule has 42 heavy (non-hydrogen) atoms. The molecule has 0 saturated heterocycles. The van der Waals surface area contributed by atoms with Crippen LogP contribution in [0.3, 0.4) is 0 Å². The average molecular weight is 589 g/mol. The van der Waals surface area contributed by atoms with Gasteiger partial charge >= 0.3 is 24.3 Å². The highest BCUT2D eigenvalue weighted by Crippen LogP contribution is 2.38. The minimum atomic E-state index is -5.03. The Kier molecular flexibility index (Phi) is 6.72. The van der Waals surface area contributed by atoms with Crippen molar-refractivity contribution in [2.24, 2.45) is 0 Å². The third-order valence-corrected chi connectivity index (χ3v) is 5.87. The predicted molar refractivity (Wildman–Crippen MR) is 129 cm³/mol. The number of aromatic nitrogens is 7. The van der Waals surface area contributed by atoms with Crippen LogP contribution in [0.15, 0.2) is 67.0 Å². The van der Waals surface area contributed by atoms with E-state index in [2.05, 4.69) is 25.6 Å². The molecule has 0 aliphatic carbocycles. The lowest BCUT2D eigenvalue weighted by atomic mass is 10.0. The van der Waals surface area contributed by atoms with Crippen LogP contribution in [0.1, 0.15) is 31.8 Å². The zero-order valence-electron chi connectivity index (χ0n) is 20.5. The van der Waals surface area contributed by atoms with Crippen molar-refractivity contribution in [1.29, 1.82) is 0 Å². The Labute approximate surface area is 229 Å². The van der Waals surface area contributed by atoms with E-state index in [4.69, 9.17) is 0 Å². The number of hydrogen-bond donors (Lipinski definition) is 2. The molecule has 0 aliphatic heterocycles. The molecule has 0 bridgehead atoms. The van der Waals surface area contributed by atoms with Crippen LogP contribution in [-0.4, -0.2) is 57.1 Å². The quantitative estimate of drug-likeness (QED) is 0.261. The number of carboxylic acid groups (broad SMARTS) is 2. The summed E-state index contributed by atoms with van der Waals surface area (Å²) in [4.78, 5) is 27.1. The Balaban J connectivity index is 1.52. The molecule has 5 rings (SSSR count). The lowest BCUT2D eigenvalue weighted by molar-refractivity contribution is -0.138. The molecule has 5 aromatic rings. The van der Waals surface area contributed by atoms with Gasteiger partial charge in [0.15, 0.2) is 0 Å². The molecule has 17 heteroatoms. The smallest absolute Gasteiger partial charge is 0.419 e. The maximum absolute atomic E-state index is 13.8. The number of carboxylic acids is 2. The molecular formula is C25H13F6N7O4. The second-order valence-electron chi connectivity index (χ2n) is 8.51. The standard InChI is InChI=1S/C25H13F6N7O4/c26-24(27,28)20-12(22(39)40)4-1-8-18(20)37-10-16(33-35-37)14-6-3-7-15(32-14)17-11-38(36-34-17)19-9-2-5-13(23(41)42)21(19)25(29,30)31/h1-11H,(H,39,40)(H,41,42). The topological polar surface area (TPSA) is 149 Å². The summed E-state index contributed by atoms with van der Waals surface area (Å²) in [6, 6.07) is 10.2. The highest BCUT2D eigenvalue weighted by atomic mass is 19.4. The first-order valence-electron chi connectivity index (χ1n) is 11.5. The maximum Gasteiger partial charge on any atom is 0.419 e. The summed E-state index contributed by atoms with van der Waals surface area (Å²) in [5, 5.41) is 33.5. The Morgan fingerprint density at radius 2 is 0.976 bits per heavy atom. The zero-order valence-corrected chi connectivity index (χ0v) is 20.5. The summed E-state index contributed by atoms with van der Waals surface area (Å²) in [7, 11) is 0. The van der Waals surface area contributed by atoms with Gasteiger partial charge in [0.1, 0.15) is 11.4 Å². The zero-order chi connectivity index (χ0) is 30.4. The monoisotopic (exact) mass is 589 g/mol. The van der Waals surface area contributed by atoms with Gasteiger partial charge in [-0.3, -0.25) is 0 Å². The number of rotatable bonds is 6. The third kappa shape index (κ3) is 5.14. The van der Waals surface area contributed by atoms with Crippen molar-refractivity contribution in [2.75, 3.05) is 0 Å².